The van der Waals surface area contributed by atoms with Crippen LogP contribution in [0.4, 0.5) is 0 Å². The Morgan fingerprint density at radius 3 is 2.32 bits per heavy atom. The average Bonchev–Trinajstić information content (AvgIpc) is 3.26. The van der Waals surface area contributed by atoms with Gasteiger partial charge in [-0.3, -0.25) is 9.59 Å². The monoisotopic (exact) mass is 336 g/mol. The first-order valence-corrected chi connectivity index (χ1v) is 7.05. The second-order valence-electron chi connectivity index (χ2n) is 5.00. The van der Waals surface area contributed by atoms with Crippen molar-refractivity contribution in [2.24, 2.45) is 0 Å². The molecule has 2 aromatic heterocycles. The highest BCUT2D eigenvalue weighted by Crippen LogP contribution is 2.23. The Hall–Kier alpha value is -3.95. The lowest BCUT2D eigenvalue weighted by Crippen LogP contribution is -2.32. The summed E-state index contributed by atoms with van der Waals surface area (Å²) >= 11 is 0. The number of aromatic amines is 1. The maximum atomic E-state index is 12.2. The molecule has 0 fully saturated rings. The topological polar surface area (TPSA) is 131 Å². The zero-order chi connectivity index (χ0) is 17.4. The van der Waals surface area contributed by atoms with Crippen molar-refractivity contribution in [3.05, 3.63) is 59.4 Å². The number of hydrogen-bond acceptors (Lipinski definition) is 8. The van der Waals surface area contributed by atoms with Gasteiger partial charge < -0.3 is 4.84 Å². The normalized spacial score (nSPS) is 13.0. The molecule has 3 heterocycles. The van der Waals surface area contributed by atoms with E-state index in [0.717, 1.165) is 0 Å². The van der Waals surface area contributed by atoms with Crippen molar-refractivity contribution in [2.45, 2.75) is 0 Å². The molecule has 0 unspecified atom stereocenters. The number of aromatic nitrogens is 5. The van der Waals surface area contributed by atoms with Crippen molar-refractivity contribution in [3.8, 4) is 11.4 Å². The number of pyridine rings is 1. The maximum absolute atomic E-state index is 12.2. The smallest absolute Gasteiger partial charge is 0.323 e. The van der Waals surface area contributed by atoms with Crippen molar-refractivity contribution >= 4 is 17.8 Å². The van der Waals surface area contributed by atoms with Crippen LogP contribution in [0, 0.1) is 0 Å². The Morgan fingerprint density at radius 1 is 1.04 bits per heavy atom. The third kappa shape index (κ3) is 2.41. The molecule has 0 bridgehead atoms. The van der Waals surface area contributed by atoms with Gasteiger partial charge in [0.05, 0.1) is 11.1 Å². The summed E-state index contributed by atoms with van der Waals surface area (Å²) in [4.78, 5) is 45.3. The number of imide groups is 1. The number of carbonyl (C=O) groups excluding carboxylic acids is 3. The fourth-order valence-corrected chi connectivity index (χ4v) is 2.31. The molecular weight excluding hydrogens is 328 g/mol. The van der Waals surface area contributed by atoms with Gasteiger partial charge >= 0.3 is 5.97 Å². The van der Waals surface area contributed by atoms with E-state index in [2.05, 4.69) is 25.6 Å². The van der Waals surface area contributed by atoms with E-state index >= 15 is 0 Å². The molecule has 0 aliphatic carbocycles. The SMILES string of the molecule is O=C(ON1C(=O)c2ccccc2C1=O)c1ccc(-c2nn[nH]n2)cn1. The Balaban J connectivity index is 1.53. The first-order valence-electron chi connectivity index (χ1n) is 7.05. The molecule has 4 rings (SSSR count). The molecule has 0 radical (unpaired) electrons. The van der Waals surface area contributed by atoms with E-state index in [1.54, 1.807) is 12.1 Å². The number of rotatable bonds is 3. The van der Waals surface area contributed by atoms with Crippen LogP contribution in [0.1, 0.15) is 31.2 Å². The average molecular weight is 336 g/mol. The summed E-state index contributed by atoms with van der Waals surface area (Å²) in [6.45, 7) is 0. The molecule has 10 heteroatoms. The number of nitrogens with zero attached hydrogens (tertiary/aromatic N) is 5. The van der Waals surface area contributed by atoms with Crippen LogP contribution in [0.25, 0.3) is 11.4 Å². The summed E-state index contributed by atoms with van der Waals surface area (Å²) in [5.41, 5.74) is 0.816. The molecule has 0 spiro atoms. The Kier molecular flexibility index (Phi) is 3.28. The Morgan fingerprint density at radius 2 is 1.76 bits per heavy atom. The minimum Gasteiger partial charge on any atom is -0.323 e. The number of fused-ring (bicyclic) bond motifs is 1. The first kappa shape index (κ1) is 14.6. The van der Waals surface area contributed by atoms with E-state index in [4.69, 9.17) is 4.84 Å². The van der Waals surface area contributed by atoms with Crippen molar-refractivity contribution in [3.63, 3.8) is 0 Å². The fourth-order valence-electron chi connectivity index (χ4n) is 2.31. The molecule has 0 saturated carbocycles. The zero-order valence-electron chi connectivity index (χ0n) is 12.4. The molecule has 10 nitrogen and oxygen atoms in total. The van der Waals surface area contributed by atoms with Crippen molar-refractivity contribution < 1.29 is 19.2 Å². The molecule has 1 aliphatic rings. The van der Waals surface area contributed by atoms with E-state index in [0.29, 0.717) is 16.5 Å². The van der Waals surface area contributed by atoms with Crippen LogP contribution in [0.3, 0.4) is 0 Å². The summed E-state index contributed by atoms with van der Waals surface area (Å²) in [5.74, 6) is -2.02. The second kappa shape index (κ2) is 5.60. The van der Waals surface area contributed by atoms with Crippen LogP contribution >= 0.6 is 0 Å². The number of nitrogens with one attached hydrogen (secondary N) is 1. The number of amides is 2. The van der Waals surface area contributed by atoms with Gasteiger partial charge in [0.15, 0.2) is 5.69 Å². The van der Waals surface area contributed by atoms with E-state index in [-0.39, 0.29) is 16.8 Å². The minimum absolute atomic E-state index is 0.0798. The maximum Gasteiger partial charge on any atom is 0.382 e. The number of hydrogen-bond donors (Lipinski definition) is 1. The van der Waals surface area contributed by atoms with Gasteiger partial charge in [0, 0.05) is 11.8 Å². The van der Waals surface area contributed by atoms with E-state index in [1.165, 1.54) is 30.5 Å². The van der Waals surface area contributed by atoms with E-state index in [9.17, 15) is 14.4 Å². The van der Waals surface area contributed by atoms with Crippen molar-refractivity contribution in [1.29, 1.82) is 0 Å². The first-order chi connectivity index (χ1) is 12.1. The van der Waals surface area contributed by atoms with Crippen LogP contribution in [-0.2, 0) is 4.84 Å². The van der Waals surface area contributed by atoms with Crippen molar-refractivity contribution in [1.82, 2.24) is 30.7 Å². The van der Waals surface area contributed by atoms with Gasteiger partial charge in [0.1, 0.15) is 0 Å². The van der Waals surface area contributed by atoms with Gasteiger partial charge in [-0.05, 0) is 29.5 Å². The number of hydroxylamine groups is 2. The minimum atomic E-state index is -0.936. The highest BCUT2D eigenvalue weighted by Gasteiger charge is 2.38. The second-order valence-corrected chi connectivity index (χ2v) is 5.00. The lowest BCUT2D eigenvalue weighted by molar-refractivity contribution is -0.0588. The summed E-state index contributed by atoms with van der Waals surface area (Å²) in [6.07, 6.45) is 1.35. The van der Waals surface area contributed by atoms with Crippen molar-refractivity contribution in [2.75, 3.05) is 0 Å². The van der Waals surface area contributed by atoms with E-state index in [1.807, 2.05) is 0 Å². The number of H-pyrrole nitrogens is 1. The van der Waals surface area contributed by atoms with Gasteiger partial charge in [-0.2, -0.15) is 5.21 Å². The summed E-state index contributed by atoms with van der Waals surface area (Å²) in [5, 5.41) is 13.7. The molecule has 0 atom stereocenters. The zero-order valence-corrected chi connectivity index (χ0v) is 12.4. The van der Waals surface area contributed by atoms with Crippen LogP contribution in [0.15, 0.2) is 42.6 Å². The summed E-state index contributed by atoms with van der Waals surface area (Å²) < 4.78 is 0. The molecule has 122 valence electrons. The largest absolute Gasteiger partial charge is 0.382 e. The Labute approximate surface area is 139 Å². The molecule has 1 aromatic carbocycles. The lowest BCUT2D eigenvalue weighted by atomic mass is 10.1. The fraction of sp³-hybridized carbons (Fsp3) is 0. The molecule has 1 aliphatic heterocycles. The third-order valence-electron chi connectivity index (χ3n) is 3.51. The quantitative estimate of drug-likeness (QED) is 0.689. The predicted octanol–water partition coefficient (Wildman–Crippen LogP) is 0.630. The van der Waals surface area contributed by atoms with E-state index < -0.39 is 17.8 Å². The highest BCUT2D eigenvalue weighted by molar-refractivity contribution is 6.21. The molecule has 2 amide bonds. The lowest BCUT2D eigenvalue weighted by Gasteiger charge is -2.12. The molecule has 1 N–H and O–H groups in total. The summed E-state index contributed by atoms with van der Waals surface area (Å²) in [6, 6.07) is 9.12. The number of carbonyl (C=O) groups is 3. The molecule has 3 aromatic rings. The van der Waals surface area contributed by atoms with Gasteiger partial charge in [-0.15, -0.1) is 10.2 Å². The van der Waals surface area contributed by atoms with Gasteiger partial charge in [0.2, 0.25) is 5.82 Å². The standard InChI is InChI=1S/C15H8N6O4/c22-13-9-3-1-2-4-10(9)14(23)21(13)25-15(24)11-6-5-8(7-16-11)12-17-19-20-18-12/h1-7H,(H,17,18,19,20). The molecule has 0 saturated heterocycles. The van der Waals surface area contributed by atoms with Gasteiger partial charge in [-0.25, -0.2) is 9.78 Å². The Bertz CT molecular complexity index is 949. The van der Waals surface area contributed by atoms with Gasteiger partial charge in [-0.1, -0.05) is 17.2 Å². The third-order valence-corrected chi connectivity index (χ3v) is 3.51. The summed E-state index contributed by atoms with van der Waals surface area (Å²) in [7, 11) is 0. The predicted molar refractivity (Wildman–Crippen MR) is 79.8 cm³/mol. The number of benzene rings is 1. The highest BCUT2D eigenvalue weighted by atomic mass is 16.7. The van der Waals surface area contributed by atoms with Crippen LogP contribution in [0.5, 0.6) is 0 Å². The van der Waals surface area contributed by atoms with Crippen LogP contribution in [-0.4, -0.2) is 48.5 Å². The van der Waals surface area contributed by atoms with Crippen LogP contribution in [0.2, 0.25) is 0 Å². The van der Waals surface area contributed by atoms with Crippen LogP contribution < -0.4 is 0 Å². The molecule has 25 heavy (non-hydrogen) atoms. The number of tetrazole rings is 1. The molecular formula is C15H8N6O4. The van der Waals surface area contributed by atoms with Gasteiger partial charge in [0.25, 0.3) is 11.8 Å².